The van der Waals surface area contributed by atoms with Crippen LogP contribution in [0.4, 0.5) is 8.78 Å². The molecule has 0 radical (unpaired) electrons. The number of alkyl halides is 2. The third-order valence-corrected chi connectivity index (χ3v) is 5.47. The first kappa shape index (κ1) is 16.8. The van der Waals surface area contributed by atoms with Crippen molar-refractivity contribution in [2.75, 3.05) is 6.54 Å². The molecule has 1 saturated carbocycles. The van der Waals surface area contributed by atoms with Crippen LogP contribution >= 0.6 is 0 Å². The van der Waals surface area contributed by atoms with Crippen LogP contribution in [-0.4, -0.2) is 46.1 Å². The molecule has 2 aromatic rings. The molecule has 1 amide bonds. The average molecular weight is 364 g/mol. The fraction of sp³-hybridized carbons (Fsp3) is 0.444. The van der Waals surface area contributed by atoms with E-state index in [1.54, 1.807) is 12.1 Å². The molecule has 0 bridgehead atoms. The van der Waals surface area contributed by atoms with Gasteiger partial charge in [-0.2, -0.15) is 8.78 Å². The Morgan fingerprint density at radius 3 is 2.85 bits per heavy atom. The fourth-order valence-corrected chi connectivity index (χ4v) is 4.43. The van der Waals surface area contributed by atoms with Gasteiger partial charge in [0, 0.05) is 17.4 Å². The third-order valence-electron chi connectivity index (χ3n) is 5.47. The van der Waals surface area contributed by atoms with Gasteiger partial charge in [-0.05, 0) is 42.9 Å². The lowest BCUT2D eigenvalue weighted by atomic mass is 9.94. The number of hydrogen-bond donors (Lipinski definition) is 2. The van der Waals surface area contributed by atoms with Gasteiger partial charge >= 0.3 is 12.6 Å². The van der Waals surface area contributed by atoms with Crippen LogP contribution in [0.5, 0.6) is 5.75 Å². The molecular formula is C18H18F2N2O4. The SMILES string of the molecule is O=C(O)[C@@H]1[C@H]2CCC[C@H]2CN1C(=O)c1cc2c(OC(F)F)cccc2[nH]1. The summed E-state index contributed by atoms with van der Waals surface area (Å²) in [5, 5.41) is 9.97. The van der Waals surface area contributed by atoms with Crippen LogP contribution < -0.4 is 4.74 Å². The molecule has 2 aliphatic rings. The second-order valence-corrected chi connectivity index (χ2v) is 6.87. The molecular weight excluding hydrogens is 346 g/mol. The summed E-state index contributed by atoms with van der Waals surface area (Å²) >= 11 is 0. The number of carboxylic acid groups (broad SMARTS) is 1. The normalized spacial score (nSPS) is 25.0. The molecule has 0 spiro atoms. The zero-order valence-electron chi connectivity index (χ0n) is 13.8. The summed E-state index contributed by atoms with van der Waals surface area (Å²) in [6.45, 7) is -2.56. The van der Waals surface area contributed by atoms with E-state index >= 15 is 0 Å². The fourth-order valence-electron chi connectivity index (χ4n) is 4.43. The summed E-state index contributed by atoms with van der Waals surface area (Å²) in [6.07, 6.45) is 2.73. The lowest BCUT2D eigenvalue weighted by molar-refractivity contribution is -0.142. The first-order valence-electron chi connectivity index (χ1n) is 8.56. The van der Waals surface area contributed by atoms with E-state index in [2.05, 4.69) is 9.72 Å². The van der Waals surface area contributed by atoms with Gasteiger partial charge < -0.3 is 19.7 Å². The molecule has 1 aliphatic heterocycles. The molecule has 2 fully saturated rings. The second-order valence-electron chi connectivity index (χ2n) is 6.87. The smallest absolute Gasteiger partial charge is 0.387 e. The predicted octanol–water partition coefficient (Wildman–Crippen LogP) is 3.09. The number of rotatable bonds is 4. The number of amides is 1. The topological polar surface area (TPSA) is 82.6 Å². The van der Waals surface area contributed by atoms with Crippen LogP contribution in [0.15, 0.2) is 24.3 Å². The van der Waals surface area contributed by atoms with Gasteiger partial charge in [0.2, 0.25) is 0 Å². The first-order chi connectivity index (χ1) is 12.5. The molecule has 1 aliphatic carbocycles. The Kier molecular flexibility index (Phi) is 4.05. The maximum atomic E-state index is 12.9. The molecule has 2 heterocycles. The number of carbonyl (C=O) groups is 2. The number of ether oxygens (including phenoxy) is 1. The number of nitrogens with one attached hydrogen (secondary N) is 1. The van der Waals surface area contributed by atoms with Gasteiger partial charge in [-0.1, -0.05) is 12.5 Å². The van der Waals surface area contributed by atoms with Crippen molar-refractivity contribution < 1.29 is 28.2 Å². The van der Waals surface area contributed by atoms with E-state index in [0.29, 0.717) is 17.4 Å². The number of nitrogens with zero attached hydrogens (tertiary/aromatic N) is 1. The summed E-state index contributed by atoms with van der Waals surface area (Å²) in [5.74, 6) is -1.25. The van der Waals surface area contributed by atoms with E-state index in [4.69, 9.17) is 0 Å². The quantitative estimate of drug-likeness (QED) is 0.873. The molecule has 26 heavy (non-hydrogen) atoms. The molecule has 1 aromatic heterocycles. The zero-order valence-corrected chi connectivity index (χ0v) is 13.8. The van der Waals surface area contributed by atoms with Crippen LogP contribution in [0.25, 0.3) is 10.9 Å². The van der Waals surface area contributed by atoms with Crippen LogP contribution in [0, 0.1) is 11.8 Å². The first-order valence-corrected chi connectivity index (χ1v) is 8.56. The highest BCUT2D eigenvalue weighted by Gasteiger charge is 2.49. The van der Waals surface area contributed by atoms with Gasteiger partial charge in [-0.3, -0.25) is 4.79 Å². The number of hydrogen-bond acceptors (Lipinski definition) is 3. The average Bonchev–Trinajstić information content (AvgIpc) is 3.26. The van der Waals surface area contributed by atoms with E-state index in [0.717, 1.165) is 19.3 Å². The Morgan fingerprint density at radius 1 is 1.31 bits per heavy atom. The Labute approximate surface area is 147 Å². The summed E-state index contributed by atoms with van der Waals surface area (Å²) in [6, 6.07) is 5.21. The van der Waals surface area contributed by atoms with Crippen molar-refractivity contribution in [2.45, 2.75) is 31.9 Å². The lowest BCUT2D eigenvalue weighted by Crippen LogP contribution is -2.43. The Hall–Kier alpha value is -2.64. The highest BCUT2D eigenvalue weighted by atomic mass is 19.3. The number of fused-ring (bicyclic) bond motifs is 2. The summed E-state index contributed by atoms with van der Waals surface area (Å²) < 4.78 is 29.6. The standard InChI is InChI=1S/C18H18F2N2O4/c19-18(20)26-14-6-2-5-12-11(14)7-13(21-12)16(23)22-8-9-3-1-4-10(9)15(22)17(24)25/h2,5-7,9-10,15,18,21H,1,3-4,8H2,(H,24,25)/t9-,10-,15-/m0/s1. The lowest BCUT2D eigenvalue weighted by Gasteiger charge is -2.23. The number of carbonyl (C=O) groups excluding carboxylic acids is 1. The minimum atomic E-state index is -2.97. The van der Waals surface area contributed by atoms with E-state index in [-0.39, 0.29) is 23.3 Å². The van der Waals surface area contributed by atoms with Crippen molar-refractivity contribution >= 4 is 22.8 Å². The number of aromatic amines is 1. The number of H-pyrrole nitrogens is 1. The zero-order chi connectivity index (χ0) is 18.4. The molecule has 1 aromatic carbocycles. The maximum absolute atomic E-state index is 12.9. The number of carboxylic acids is 1. The largest absolute Gasteiger partial charge is 0.480 e. The molecule has 2 N–H and O–H groups in total. The Morgan fingerprint density at radius 2 is 2.12 bits per heavy atom. The van der Waals surface area contributed by atoms with Gasteiger partial charge in [-0.25, -0.2) is 4.79 Å². The minimum absolute atomic E-state index is 0.0152. The third kappa shape index (κ3) is 2.69. The van der Waals surface area contributed by atoms with Gasteiger partial charge in [0.1, 0.15) is 17.5 Å². The monoisotopic (exact) mass is 364 g/mol. The molecule has 6 nitrogen and oxygen atoms in total. The summed E-state index contributed by atoms with van der Waals surface area (Å²) in [7, 11) is 0. The van der Waals surface area contributed by atoms with Crippen LogP contribution in [0.2, 0.25) is 0 Å². The molecule has 138 valence electrons. The molecule has 1 saturated heterocycles. The number of halogens is 2. The number of aromatic nitrogens is 1. The van der Waals surface area contributed by atoms with Gasteiger partial charge in [0.05, 0.1) is 0 Å². The van der Waals surface area contributed by atoms with Crippen molar-refractivity contribution in [1.82, 2.24) is 9.88 Å². The number of benzene rings is 1. The van der Waals surface area contributed by atoms with E-state index in [1.165, 1.54) is 17.0 Å². The summed E-state index contributed by atoms with van der Waals surface area (Å²) in [5.41, 5.74) is 0.661. The highest BCUT2D eigenvalue weighted by Crippen LogP contribution is 2.43. The van der Waals surface area contributed by atoms with Crippen molar-refractivity contribution in [2.24, 2.45) is 11.8 Å². The highest BCUT2D eigenvalue weighted by molar-refractivity contribution is 6.01. The Bertz CT molecular complexity index is 866. The van der Waals surface area contributed by atoms with Crippen molar-refractivity contribution in [3.8, 4) is 5.75 Å². The van der Waals surface area contributed by atoms with Crippen molar-refractivity contribution in [1.29, 1.82) is 0 Å². The van der Waals surface area contributed by atoms with Crippen molar-refractivity contribution in [3.05, 3.63) is 30.0 Å². The predicted molar refractivity (Wildman–Crippen MR) is 88.2 cm³/mol. The van der Waals surface area contributed by atoms with Gasteiger partial charge in [-0.15, -0.1) is 0 Å². The van der Waals surface area contributed by atoms with Crippen LogP contribution in [-0.2, 0) is 4.79 Å². The molecule has 4 rings (SSSR count). The van der Waals surface area contributed by atoms with E-state index in [1.807, 2.05) is 0 Å². The van der Waals surface area contributed by atoms with Crippen LogP contribution in [0.1, 0.15) is 29.8 Å². The molecule has 0 unspecified atom stereocenters. The van der Waals surface area contributed by atoms with Crippen molar-refractivity contribution in [3.63, 3.8) is 0 Å². The minimum Gasteiger partial charge on any atom is -0.480 e. The number of likely N-dealkylation sites (tertiary alicyclic amines) is 1. The van der Waals surface area contributed by atoms with Gasteiger partial charge in [0.25, 0.3) is 5.91 Å². The summed E-state index contributed by atoms with van der Waals surface area (Å²) in [4.78, 5) is 29.0. The molecule has 3 atom stereocenters. The van der Waals surface area contributed by atoms with Gasteiger partial charge in [0.15, 0.2) is 0 Å². The molecule has 8 heteroatoms. The Balaban J connectivity index is 1.67. The van der Waals surface area contributed by atoms with E-state index < -0.39 is 24.5 Å². The maximum Gasteiger partial charge on any atom is 0.387 e. The van der Waals surface area contributed by atoms with E-state index in [9.17, 15) is 23.5 Å². The second kappa shape index (κ2) is 6.26. The number of aliphatic carboxylic acids is 1. The van der Waals surface area contributed by atoms with Crippen LogP contribution in [0.3, 0.4) is 0 Å².